The standard InChI is InChI=1S/C14H23N3O2/c1-5-14(4)11(18)16-12(19)17(14)9-7-6-8-13(2,3)10-15/h5-9H2,1-4H3,(H,16,18,19). The second kappa shape index (κ2) is 5.60. The minimum atomic E-state index is -0.720. The van der Waals surface area contributed by atoms with Crippen molar-refractivity contribution >= 4 is 11.9 Å². The van der Waals surface area contributed by atoms with Crippen molar-refractivity contribution in [3.05, 3.63) is 0 Å². The molecule has 1 saturated heterocycles. The number of nitrogens with one attached hydrogen (secondary N) is 1. The lowest BCUT2D eigenvalue weighted by atomic mass is 9.89. The van der Waals surface area contributed by atoms with Crippen LogP contribution in [0.2, 0.25) is 0 Å². The molecule has 0 bridgehead atoms. The number of hydrogen-bond donors (Lipinski definition) is 1. The molecule has 1 atom stereocenters. The molecule has 0 spiro atoms. The molecule has 1 rings (SSSR count). The first-order chi connectivity index (χ1) is 8.77. The summed E-state index contributed by atoms with van der Waals surface area (Å²) in [6.07, 6.45) is 3.09. The number of nitriles is 1. The molecule has 1 N–H and O–H groups in total. The molecule has 1 fully saturated rings. The van der Waals surface area contributed by atoms with E-state index in [1.807, 2.05) is 20.8 Å². The van der Waals surface area contributed by atoms with Gasteiger partial charge < -0.3 is 4.90 Å². The van der Waals surface area contributed by atoms with Gasteiger partial charge in [0.2, 0.25) is 0 Å². The van der Waals surface area contributed by atoms with E-state index in [4.69, 9.17) is 5.26 Å². The fourth-order valence-corrected chi connectivity index (χ4v) is 2.24. The smallest absolute Gasteiger partial charge is 0.310 e. The first-order valence-electron chi connectivity index (χ1n) is 6.81. The average Bonchev–Trinajstić information content (AvgIpc) is 2.57. The molecule has 0 aromatic rings. The lowest BCUT2D eigenvalue weighted by Crippen LogP contribution is -2.46. The molecule has 0 radical (unpaired) electrons. The number of nitrogens with zero attached hydrogens (tertiary/aromatic N) is 2. The number of urea groups is 1. The van der Waals surface area contributed by atoms with Crippen LogP contribution in [-0.2, 0) is 4.79 Å². The van der Waals surface area contributed by atoms with E-state index in [9.17, 15) is 9.59 Å². The SMILES string of the molecule is CCC1(C)C(=O)NC(=O)N1CCCCC(C)(C)C#N. The van der Waals surface area contributed by atoms with Crippen molar-refractivity contribution < 1.29 is 9.59 Å². The topological polar surface area (TPSA) is 73.2 Å². The third-order valence-electron chi connectivity index (χ3n) is 3.98. The predicted octanol–water partition coefficient (Wildman–Crippen LogP) is 2.43. The van der Waals surface area contributed by atoms with E-state index < -0.39 is 5.54 Å². The zero-order chi connectivity index (χ0) is 14.7. The van der Waals surface area contributed by atoms with E-state index in [-0.39, 0.29) is 17.4 Å². The van der Waals surface area contributed by atoms with Gasteiger partial charge in [-0.15, -0.1) is 0 Å². The van der Waals surface area contributed by atoms with Crippen LogP contribution >= 0.6 is 0 Å². The van der Waals surface area contributed by atoms with Crippen molar-refractivity contribution in [2.24, 2.45) is 5.41 Å². The van der Waals surface area contributed by atoms with Gasteiger partial charge in [-0.2, -0.15) is 5.26 Å². The summed E-state index contributed by atoms with van der Waals surface area (Å²) in [4.78, 5) is 25.1. The highest BCUT2D eigenvalue weighted by Crippen LogP contribution is 2.27. The highest BCUT2D eigenvalue weighted by Gasteiger charge is 2.47. The number of imide groups is 1. The highest BCUT2D eigenvalue weighted by molar-refractivity contribution is 6.06. The van der Waals surface area contributed by atoms with E-state index in [1.54, 1.807) is 11.8 Å². The summed E-state index contributed by atoms with van der Waals surface area (Å²) in [5, 5.41) is 11.3. The first-order valence-corrected chi connectivity index (χ1v) is 6.81. The Kier molecular flexibility index (Phi) is 4.56. The van der Waals surface area contributed by atoms with Crippen molar-refractivity contribution in [2.75, 3.05) is 6.54 Å². The molecule has 5 heteroatoms. The molecule has 1 aliphatic rings. The second-order valence-electron chi connectivity index (χ2n) is 5.99. The minimum Gasteiger partial charge on any atom is -0.310 e. The van der Waals surface area contributed by atoms with Crippen molar-refractivity contribution in [1.82, 2.24) is 10.2 Å². The molecular formula is C14H23N3O2. The van der Waals surface area contributed by atoms with Crippen LogP contribution < -0.4 is 5.32 Å². The molecule has 0 aromatic carbocycles. The van der Waals surface area contributed by atoms with Crippen LogP contribution in [0, 0.1) is 16.7 Å². The van der Waals surface area contributed by atoms with Gasteiger partial charge in [-0.1, -0.05) is 13.3 Å². The van der Waals surface area contributed by atoms with Crippen LogP contribution in [0.15, 0.2) is 0 Å². The summed E-state index contributed by atoms with van der Waals surface area (Å²) in [7, 11) is 0. The number of unbranched alkanes of at least 4 members (excludes halogenated alkanes) is 1. The van der Waals surface area contributed by atoms with Crippen LogP contribution in [0.5, 0.6) is 0 Å². The fraction of sp³-hybridized carbons (Fsp3) is 0.786. The van der Waals surface area contributed by atoms with Crippen molar-refractivity contribution in [2.45, 2.75) is 58.9 Å². The summed E-state index contributed by atoms with van der Waals surface area (Å²) in [6.45, 7) is 8.09. The van der Waals surface area contributed by atoms with Crippen LogP contribution in [0.25, 0.3) is 0 Å². The third kappa shape index (κ3) is 3.25. The van der Waals surface area contributed by atoms with Crippen molar-refractivity contribution in [3.8, 4) is 6.07 Å². The van der Waals surface area contributed by atoms with Crippen LogP contribution in [0.1, 0.15) is 53.4 Å². The van der Waals surface area contributed by atoms with E-state index in [0.29, 0.717) is 13.0 Å². The van der Waals surface area contributed by atoms with Crippen LogP contribution in [0.3, 0.4) is 0 Å². The maximum Gasteiger partial charge on any atom is 0.325 e. The molecule has 106 valence electrons. The monoisotopic (exact) mass is 265 g/mol. The van der Waals surface area contributed by atoms with Gasteiger partial charge in [-0.25, -0.2) is 4.79 Å². The number of carbonyl (C=O) groups excluding carboxylic acids is 2. The van der Waals surface area contributed by atoms with Gasteiger partial charge in [0.15, 0.2) is 0 Å². The Hall–Kier alpha value is -1.57. The first kappa shape index (κ1) is 15.5. The second-order valence-corrected chi connectivity index (χ2v) is 5.99. The molecule has 0 saturated carbocycles. The summed E-state index contributed by atoms with van der Waals surface area (Å²) in [5.74, 6) is -0.211. The lowest BCUT2D eigenvalue weighted by Gasteiger charge is -2.30. The van der Waals surface area contributed by atoms with Crippen molar-refractivity contribution in [3.63, 3.8) is 0 Å². The maximum atomic E-state index is 11.8. The van der Waals surface area contributed by atoms with Crippen molar-refractivity contribution in [1.29, 1.82) is 5.26 Å². The Morgan fingerprint density at radius 2 is 2.00 bits per heavy atom. The molecule has 19 heavy (non-hydrogen) atoms. The van der Waals surface area contributed by atoms with Gasteiger partial charge in [0, 0.05) is 6.54 Å². The quantitative estimate of drug-likeness (QED) is 0.592. The lowest BCUT2D eigenvalue weighted by molar-refractivity contribution is -0.126. The van der Waals surface area contributed by atoms with Gasteiger partial charge in [-0.3, -0.25) is 10.1 Å². The fourth-order valence-electron chi connectivity index (χ4n) is 2.24. The number of carbonyl (C=O) groups is 2. The van der Waals surface area contributed by atoms with Gasteiger partial charge in [0.05, 0.1) is 11.5 Å². The maximum absolute atomic E-state index is 11.8. The van der Waals surface area contributed by atoms with E-state index >= 15 is 0 Å². The van der Waals surface area contributed by atoms with Gasteiger partial charge in [0.25, 0.3) is 5.91 Å². The van der Waals surface area contributed by atoms with Gasteiger partial charge in [0.1, 0.15) is 5.54 Å². The molecule has 0 aromatic heterocycles. The predicted molar refractivity (Wildman–Crippen MR) is 72.2 cm³/mol. The highest BCUT2D eigenvalue weighted by atomic mass is 16.2. The molecule has 0 aliphatic carbocycles. The summed E-state index contributed by atoms with van der Waals surface area (Å²) in [6, 6.07) is 1.97. The average molecular weight is 265 g/mol. The Morgan fingerprint density at radius 1 is 1.37 bits per heavy atom. The summed E-state index contributed by atoms with van der Waals surface area (Å²) < 4.78 is 0. The summed E-state index contributed by atoms with van der Waals surface area (Å²) >= 11 is 0. The zero-order valence-electron chi connectivity index (χ0n) is 12.2. The number of rotatable bonds is 6. The zero-order valence-corrected chi connectivity index (χ0v) is 12.2. The Labute approximate surface area is 115 Å². The van der Waals surface area contributed by atoms with E-state index in [2.05, 4.69) is 11.4 Å². The van der Waals surface area contributed by atoms with Crippen LogP contribution in [0.4, 0.5) is 4.79 Å². The molecule has 3 amide bonds. The normalized spacial score (nSPS) is 23.4. The molecule has 1 unspecified atom stereocenters. The number of hydrogen-bond acceptors (Lipinski definition) is 3. The van der Waals surface area contributed by atoms with Gasteiger partial charge >= 0.3 is 6.03 Å². The summed E-state index contributed by atoms with van der Waals surface area (Å²) in [5.41, 5.74) is -1.04. The third-order valence-corrected chi connectivity index (χ3v) is 3.98. The molecule has 1 aliphatic heterocycles. The van der Waals surface area contributed by atoms with E-state index in [1.165, 1.54) is 0 Å². The van der Waals surface area contributed by atoms with Crippen LogP contribution in [-0.4, -0.2) is 28.9 Å². The molecule has 1 heterocycles. The Morgan fingerprint density at radius 3 is 2.53 bits per heavy atom. The molecular weight excluding hydrogens is 242 g/mol. The largest absolute Gasteiger partial charge is 0.325 e. The van der Waals surface area contributed by atoms with E-state index in [0.717, 1.165) is 19.3 Å². The minimum absolute atomic E-state index is 0.211. The Bertz CT molecular complexity index is 411. The van der Waals surface area contributed by atoms with Gasteiger partial charge in [-0.05, 0) is 40.0 Å². The Balaban J connectivity index is 2.51. The number of amides is 3. The molecule has 5 nitrogen and oxygen atoms in total.